The molecule has 1 saturated heterocycles. The SMILES string of the molecule is COc1cc(/C=C2/SC(=O)NC2=O)ccc1Oc1ccc(C#N)cc1Br. The van der Waals surface area contributed by atoms with Gasteiger partial charge in [-0.25, -0.2) is 0 Å². The molecule has 1 heterocycles. The first-order chi connectivity index (χ1) is 12.5. The van der Waals surface area contributed by atoms with E-state index in [-0.39, 0.29) is 5.24 Å². The second-order valence-corrected chi connectivity index (χ2v) is 6.99. The third kappa shape index (κ3) is 3.90. The molecule has 2 amide bonds. The van der Waals surface area contributed by atoms with Crippen LogP contribution >= 0.6 is 27.7 Å². The van der Waals surface area contributed by atoms with Crippen LogP contribution in [0.3, 0.4) is 0 Å². The molecule has 2 aromatic carbocycles. The van der Waals surface area contributed by atoms with Crippen molar-refractivity contribution in [2.75, 3.05) is 7.11 Å². The highest BCUT2D eigenvalue weighted by Gasteiger charge is 2.25. The van der Waals surface area contributed by atoms with E-state index >= 15 is 0 Å². The molecule has 8 heteroatoms. The molecule has 1 fully saturated rings. The van der Waals surface area contributed by atoms with Gasteiger partial charge in [0, 0.05) is 0 Å². The van der Waals surface area contributed by atoms with Gasteiger partial charge >= 0.3 is 0 Å². The second kappa shape index (κ2) is 7.64. The summed E-state index contributed by atoms with van der Waals surface area (Å²) in [5.74, 6) is 1.05. The van der Waals surface area contributed by atoms with E-state index in [0.717, 1.165) is 11.8 Å². The summed E-state index contributed by atoms with van der Waals surface area (Å²) in [4.78, 5) is 23.2. The van der Waals surface area contributed by atoms with Crippen LogP contribution in [0.4, 0.5) is 4.79 Å². The lowest BCUT2D eigenvalue weighted by Crippen LogP contribution is -2.17. The van der Waals surface area contributed by atoms with Crippen molar-refractivity contribution >= 4 is 44.9 Å². The first-order valence-electron chi connectivity index (χ1n) is 7.30. The number of hydrogen-bond donors (Lipinski definition) is 1. The monoisotopic (exact) mass is 430 g/mol. The Morgan fingerprint density at radius 2 is 1.92 bits per heavy atom. The van der Waals surface area contributed by atoms with E-state index in [4.69, 9.17) is 14.7 Å². The van der Waals surface area contributed by atoms with E-state index in [1.807, 2.05) is 0 Å². The van der Waals surface area contributed by atoms with Gasteiger partial charge in [-0.2, -0.15) is 5.26 Å². The third-order valence-corrected chi connectivity index (χ3v) is 4.84. The molecule has 1 aliphatic rings. The van der Waals surface area contributed by atoms with Gasteiger partial charge in [-0.15, -0.1) is 0 Å². The largest absolute Gasteiger partial charge is 0.493 e. The Bertz CT molecular complexity index is 982. The van der Waals surface area contributed by atoms with Crippen molar-refractivity contribution in [3.05, 3.63) is 56.9 Å². The number of rotatable bonds is 4. The summed E-state index contributed by atoms with van der Waals surface area (Å²) < 4.78 is 11.9. The van der Waals surface area contributed by atoms with Gasteiger partial charge in [0.15, 0.2) is 11.5 Å². The number of halogens is 1. The normalized spacial score (nSPS) is 14.9. The van der Waals surface area contributed by atoms with E-state index in [2.05, 4.69) is 27.3 Å². The molecule has 0 saturated carbocycles. The van der Waals surface area contributed by atoms with Crippen molar-refractivity contribution in [2.45, 2.75) is 0 Å². The molecule has 0 atom stereocenters. The fourth-order valence-corrected chi connectivity index (χ4v) is 3.34. The van der Waals surface area contributed by atoms with Crippen molar-refractivity contribution in [2.24, 2.45) is 0 Å². The van der Waals surface area contributed by atoms with Gasteiger partial charge in [-0.05, 0) is 69.7 Å². The predicted molar refractivity (Wildman–Crippen MR) is 101 cm³/mol. The molecule has 1 aliphatic heterocycles. The zero-order chi connectivity index (χ0) is 18.7. The standard InChI is InChI=1S/C18H11BrN2O4S/c1-24-15-7-10(8-16-17(22)21-18(23)26-16)2-5-14(15)25-13-4-3-11(9-20)6-12(13)19/h2-8H,1H3,(H,21,22,23)/b16-8+. The van der Waals surface area contributed by atoms with Crippen LogP contribution in [0, 0.1) is 11.3 Å². The summed E-state index contributed by atoms with van der Waals surface area (Å²) in [5.41, 5.74) is 1.21. The summed E-state index contributed by atoms with van der Waals surface area (Å²) in [6.45, 7) is 0. The molecule has 1 N–H and O–H groups in total. The van der Waals surface area contributed by atoms with Crippen molar-refractivity contribution in [3.8, 4) is 23.3 Å². The first-order valence-corrected chi connectivity index (χ1v) is 8.91. The quantitative estimate of drug-likeness (QED) is 0.720. The van der Waals surface area contributed by atoms with Crippen LogP contribution in [0.2, 0.25) is 0 Å². The van der Waals surface area contributed by atoms with Gasteiger partial charge in [0.25, 0.3) is 11.1 Å². The third-order valence-electron chi connectivity index (χ3n) is 3.41. The minimum atomic E-state index is -0.416. The number of nitrogens with zero attached hydrogens (tertiary/aromatic N) is 1. The van der Waals surface area contributed by atoms with Crippen LogP contribution in [0.25, 0.3) is 6.08 Å². The number of amides is 2. The predicted octanol–water partition coefficient (Wildman–Crippen LogP) is 4.45. The lowest BCUT2D eigenvalue weighted by atomic mass is 10.2. The minimum Gasteiger partial charge on any atom is -0.493 e. The number of nitrogens with one attached hydrogen (secondary N) is 1. The molecule has 0 unspecified atom stereocenters. The van der Waals surface area contributed by atoms with Gasteiger partial charge < -0.3 is 9.47 Å². The zero-order valence-corrected chi connectivity index (χ0v) is 15.8. The van der Waals surface area contributed by atoms with E-state index in [9.17, 15) is 9.59 Å². The van der Waals surface area contributed by atoms with Crippen molar-refractivity contribution in [1.29, 1.82) is 5.26 Å². The Hall–Kier alpha value is -2.76. The van der Waals surface area contributed by atoms with Crippen LogP contribution in [-0.4, -0.2) is 18.3 Å². The molecule has 0 bridgehead atoms. The first kappa shape index (κ1) is 18.0. The number of methoxy groups -OCH3 is 1. The van der Waals surface area contributed by atoms with Crippen LogP contribution in [-0.2, 0) is 4.79 Å². The summed E-state index contributed by atoms with van der Waals surface area (Å²) in [5, 5.41) is 10.7. The maximum absolute atomic E-state index is 11.6. The number of imide groups is 1. The van der Waals surface area contributed by atoms with E-state index in [0.29, 0.717) is 37.8 Å². The Morgan fingerprint density at radius 3 is 2.54 bits per heavy atom. The van der Waals surface area contributed by atoms with Gasteiger partial charge in [0.1, 0.15) is 5.75 Å². The Labute approximate surface area is 161 Å². The maximum atomic E-state index is 11.6. The molecule has 26 heavy (non-hydrogen) atoms. The number of nitriles is 1. The van der Waals surface area contributed by atoms with Crippen LogP contribution in [0.15, 0.2) is 45.8 Å². The lowest BCUT2D eigenvalue weighted by Gasteiger charge is -2.12. The molecule has 6 nitrogen and oxygen atoms in total. The van der Waals surface area contributed by atoms with Crippen LogP contribution in [0.1, 0.15) is 11.1 Å². The highest BCUT2D eigenvalue weighted by molar-refractivity contribution is 9.10. The summed E-state index contributed by atoms with van der Waals surface area (Å²) in [6.07, 6.45) is 1.61. The number of thioether (sulfide) groups is 1. The number of carbonyl (C=O) groups excluding carboxylic acids is 2. The molecule has 0 aromatic heterocycles. The van der Waals surface area contributed by atoms with Crippen LogP contribution in [0.5, 0.6) is 17.2 Å². The molecular weight excluding hydrogens is 420 g/mol. The Morgan fingerprint density at radius 1 is 1.15 bits per heavy atom. The Balaban J connectivity index is 1.88. The maximum Gasteiger partial charge on any atom is 0.290 e. The van der Waals surface area contributed by atoms with E-state index in [1.165, 1.54) is 7.11 Å². The smallest absolute Gasteiger partial charge is 0.290 e. The molecule has 3 rings (SSSR count). The van der Waals surface area contributed by atoms with Crippen molar-refractivity contribution < 1.29 is 19.1 Å². The van der Waals surface area contributed by atoms with E-state index < -0.39 is 5.91 Å². The highest BCUT2D eigenvalue weighted by Crippen LogP contribution is 2.37. The molecule has 0 aliphatic carbocycles. The summed E-state index contributed by atoms with van der Waals surface area (Å²) in [6, 6.07) is 12.2. The second-order valence-electron chi connectivity index (χ2n) is 5.12. The summed E-state index contributed by atoms with van der Waals surface area (Å²) in [7, 11) is 1.51. The lowest BCUT2D eigenvalue weighted by molar-refractivity contribution is -0.115. The summed E-state index contributed by atoms with van der Waals surface area (Å²) >= 11 is 4.22. The molecule has 0 spiro atoms. The minimum absolute atomic E-state index is 0.320. The topological polar surface area (TPSA) is 88.4 Å². The molecule has 2 aromatic rings. The Kier molecular flexibility index (Phi) is 5.30. The highest BCUT2D eigenvalue weighted by atomic mass is 79.9. The van der Waals surface area contributed by atoms with Crippen LogP contribution < -0.4 is 14.8 Å². The number of hydrogen-bond acceptors (Lipinski definition) is 6. The van der Waals surface area contributed by atoms with Gasteiger partial charge in [-0.3, -0.25) is 14.9 Å². The fourth-order valence-electron chi connectivity index (χ4n) is 2.20. The van der Waals surface area contributed by atoms with E-state index in [1.54, 1.807) is 42.5 Å². The molecular formula is C18H11BrN2O4S. The number of benzene rings is 2. The molecule has 130 valence electrons. The van der Waals surface area contributed by atoms with Crippen molar-refractivity contribution in [1.82, 2.24) is 5.32 Å². The zero-order valence-electron chi connectivity index (χ0n) is 13.4. The van der Waals surface area contributed by atoms with Gasteiger partial charge in [0.05, 0.1) is 28.1 Å². The molecule has 0 radical (unpaired) electrons. The van der Waals surface area contributed by atoms with Crippen molar-refractivity contribution in [3.63, 3.8) is 0 Å². The average Bonchev–Trinajstić information content (AvgIpc) is 2.94. The number of carbonyl (C=O) groups is 2. The average molecular weight is 431 g/mol. The van der Waals surface area contributed by atoms with Gasteiger partial charge in [0.2, 0.25) is 0 Å². The van der Waals surface area contributed by atoms with Gasteiger partial charge in [-0.1, -0.05) is 6.07 Å². The fraction of sp³-hybridized carbons (Fsp3) is 0.0556. The number of ether oxygens (including phenoxy) is 2.